The van der Waals surface area contributed by atoms with E-state index in [-0.39, 0.29) is 18.0 Å². The average Bonchev–Trinajstić information content (AvgIpc) is 2.54. The van der Waals surface area contributed by atoms with E-state index in [1.807, 2.05) is 13.0 Å². The highest BCUT2D eigenvalue weighted by Gasteiger charge is 2.27. The molecular weight excluding hydrogens is 315 g/mol. The second-order valence-electron chi connectivity index (χ2n) is 5.67. The molecule has 0 radical (unpaired) electrons. The number of nitriles is 1. The van der Waals surface area contributed by atoms with Crippen LogP contribution in [0.25, 0.3) is 0 Å². The number of hydrogen-bond acceptors (Lipinski definition) is 3. The van der Waals surface area contributed by atoms with Crippen molar-refractivity contribution in [3.05, 3.63) is 64.4 Å². The molecule has 1 saturated heterocycles. The first-order valence-corrected chi connectivity index (χ1v) is 7.80. The van der Waals surface area contributed by atoms with Gasteiger partial charge in [-0.1, -0.05) is 23.7 Å². The Bertz CT molecular complexity index is 742. The van der Waals surface area contributed by atoms with Crippen LogP contribution >= 0.6 is 11.6 Å². The van der Waals surface area contributed by atoms with E-state index in [4.69, 9.17) is 16.3 Å². The smallest absolute Gasteiger partial charge is 0.123 e. The summed E-state index contributed by atoms with van der Waals surface area (Å²) in [6.45, 7) is 3.28. The Hall–Kier alpha value is -2.09. The lowest BCUT2D eigenvalue weighted by Crippen LogP contribution is -2.43. The maximum absolute atomic E-state index is 13.1. The topological polar surface area (TPSA) is 36.3 Å². The van der Waals surface area contributed by atoms with E-state index in [0.29, 0.717) is 23.7 Å². The monoisotopic (exact) mass is 330 g/mol. The number of halogens is 2. The van der Waals surface area contributed by atoms with Gasteiger partial charge in [0, 0.05) is 18.1 Å². The fourth-order valence-corrected chi connectivity index (χ4v) is 3.06. The van der Waals surface area contributed by atoms with Crippen molar-refractivity contribution in [3.63, 3.8) is 0 Å². The van der Waals surface area contributed by atoms with Gasteiger partial charge in [-0.3, -0.25) is 0 Å². The lowest BCUT2D eigenvalue weighted by molar-refractivity contribution is -0.0174. The molecule has 3 nitrogen and oxygen atoms in total. The highest BCUT2D eigenvalue weighted by molar-refractivity contribution is 6.30. The Balaban J connectivity index is 1.89. The minimum atomic E-state index is -0.265. The van der Waals surface area contributed by atoms with Gasteiger partial charge in [0.1, 0.15) is 18.0 Å². The molecule has 0 saturated carbocycles. The van der Waals surface area contributed by atoms with Crippen LogP contribution in [0.4, 0.5) is 10.1 Å². The Morgan fingerprint density at radius 2 is 1.96 bits per heavy atom. The molecule has 5 heteroatoms. The maximum Gasteiger partial charge on any atom is 0.123 e. The zero-order chi connectivity index (χ0) is 16.4. The highest BCUT2D eigenvalue weighted by Crippen LogP contribution is 2.31. The van der Waals surface area contributed by atoms with Crippen molar-refractivity contribution in [2.24, 2.45) is 0 Å². The number of ether oxygens (including phenoxy) is 1. The minimum Gasteiger partial charge on any atom is -0.367 e. The van der Waals surface area contributed by atoms with Crippen LogP contribution in [0.5, 0.6) is 0 Å². The Labute approximate surface area is 139 Å². The van der Waals surface area contributed by atoms with Crippen molar-refractivity contribution in [1.29, 1.82) is 5.26 Å². The molecule has 0 bridgehead atoms. The first kappa shape index (κ1) is 15.8. The normalized spacial score (nSPS) is 21.0. The van der Waals surface area contributed by atoms with E-state index in [9.17, 15) is 9.65 Å². The molecule has 1 aliphatic rings. The van der Waals surface area contributed by atoms with Crippen LogP contribution in [0.1, 0.15) is 24.2 Å². The number of benzene rings is 2. The number of nitrogens with zero attached hydrogens (tertiary/aromatic N) is 2. The van der Waals surface area contributed by atoms with Crippen molar-refractivity contribution in [3.8, 4) is 6.07 Å². The summed E-state index contributed by atoms with van der Waals surface area (Å²) in [5.41, 5.74) is 2.32. The SMILES string of the molecule is CC1CN(c2ccc(Cl)cc2C#N)CC(c2ccc(F)cc2)O1. The standard InChI is InChI=1S/C18H16ClFN2O/c1-12-10-22(17-7-4-15(19)8-14(17)9-21)11-18(23-12)13-2-5-16(20)6-3-13/h2-8,12,18H,10-11H2,1H3. The van der Waals surface area contributed by atoms with Crippen molar-refractivity contribution in [2.75, 3.05) is 18.0 Å². The van der Waals surface area contributed by atoms with Crippen LogP contribution in [0, 0.1) is 17.1 Å². The van der Waals surface area contributed by atoms with Crippen molar-refractivity contribution in [1.82, 2.24) is 0 Å². The molecule has 0 N–H and O–H groups in total. The fourth-order valence-electron chi connectivity index (χ4n) is 2.88. The van der Waals surface area contributed by atoms with Crippen molar-refractivity contribution >= 4 is 17.3 Å². The van der Waals surface area contributed by atoms with Crippen molar-refractivity contribution in [2.45, 2.75) is 19.1 Å². The quantitative estimate of drug-likeness (QED) is 0.823. The fraction of sp³-hybridized carbons (Fsp3) is 0.278. The predicted octanol–water partition coefficient (Wildman–Crippen LogP) is 4.32. The molecule has 0 aliphatic carbocycles. The van der Waals surface area contributed by atoms with Crippen LogP contribution < -0.4 is 4.90 Å². The first-order valence-electron chi connectivity index (χ1n) is 7.42. The molecule has 23 heavy (non-hydrogen) atoms. The molecule has 2 aromatic carbocycles. The van der Waals surface area contributed by atoms with Gasteiger partial charge in [-0.05, 0) is 42.8 Å². The van der Waals surface area contributed by atoms with Gasteiger partial charge in [0.05, 0.1) is 17.4 Å². The van der Waals surface area contributed by atoms with Crippen LogP contribution in [0.3, 0.4) is 0 Å². The summed E-state index contributed by atoms with van der Waals surface area (Å²) in [7, 11) is 0. The summed E-state index contributed by atoms with van der Waals surface area (Å²) in [6, 6.07) is 13.9. The molecular formula is C18H16ClFN2O. The largest absolute Gasteiger partial charge is 0.367 e. The third kappa shape index (κ3) is 3.47. The van der Waals surface area contributed by atoms with Gasteiger partial charge in [-0.2, -0.15) is 5.26 Å². The Kier molecular flexibility index (Phi) is 4.51. The molecule has 118 valence electrons. The van der Waals surface area contributed by atoms with E-state index in [0.717, 1.165) is 11.3 Å². The number of hydrogen-bond donors (Lipinski definition) is 0. The summed E-state index contributed by atoms with van der Waals surface area (Å²) >= 11 is 5.97. The third-order valence-electron chi connectivity index (χ3n) is 3.92. The summed E-state index contributed by atoms with van der Waals surface area (Å²) in [6.07, 6.45) is -0.164. The van der Waals surface area contributed by atoms with Crippen molar-refractivity contribution < 1.29 is 9.13 Å². The number of rotatable bonds is 2. The second-order valence-corrected chi connectivity index (χ2v) is 6.10. The third-order valence-corrected chi connectivity index (χ3v) is 4.16. The van der Waals surface area contributed by atoms with Gasteiger partial charge in [-0.15, -0.1) is 0 Å². The van der Waals surface area contributed by atoms with Gasteiger partial charge in [0.15, 0.2) is 0 Å². The lowest BCUT2D eigenvalue weighted by atomic mass is 10.0. The number of morpholine rings is 1. The van der Waals surface area contributed by atoms with Gasteiger partial charge >= 0.3 is 0 Å². The van der Waals surface area contributed by atoms with E-state index in [2.05, 4.69) is 11.0 Å². The number of anilines is 1. The van der Waals surface area contributed by atoms with Crippen LogP contribution in [-0.4, -0.2) is 19.2 Å². The van der Waals surface area contributed by atoms with Gasteiger partial charge < -0.3 is 9.64 Å². The lowest BCUT2D eigenvalue weighted by Gasteiger charge is -2.38. The molecule has 0 aromatic heterocycles. The Morgan fingerprint density at radius 1 is 1.22 bits per heavy atom. The Morgan fingerprint density at radius 3 is 2.65 bits per heavy atom. The van der Waals surface area contributed by atoms with E-state index in [1.165, 1.54) is 12.1 Å². The molecule has 1 aliphatic heterocycles. The zero-order valence-corrected chi connectivity index (χ0v) is 13.4. The summed E-state index contributed by atoms with van der Waals surface area (Å²) < 4.78 is 19.1. The van der Waals surface area contributed by atoms with Crippen LogP contribution in [-0.2, 0) is 4.74 Å². The van der Waals surface area contributed by atoms with E-state index < -0.39 is 0 Å². The van der Waals surface area contributed by atoms with Crippen LogP contribution in [0.15, 0.2) is 42.5 Å². The summed E-state index contributed by atoms with van der Waals surface area (Å²) in [4.78, 5) is 2.12. The molecule has 2 atom stereocenters. The molecule has 1 heterocycles. The van der Waals surface area contributed by atoms with Gasteiger partial charge in [0.2, 0.25) is 0 Å². The first-order chi connectivity index (χ1) is 11.1. The molecule has 2 aromatic rings. The summed E-state index contributed by atoms with van der Waals surface area (Å²) in [5, 5.41) is 9.89. The molecule has 0 spiro atoms. The maximum atomic E-state index is 13.1. The minimum absolute atomic E-state index is 0.000948. The average molecular weight is 331 g/mol. The van der Waals surface area contributed by atoms with E-state index in [1.54, 1.807) is 24.3 Å². The summed E-state index contributed by atoms with van der Waals surface area (Å²) in [5.74, 6) is -0.265. The highest BCUT2D eigenvalue weighted by atomic mass is 35.5. The van der Waals surface area contributed by atoms with Gasteiger partial charge in [0.25, 0.3) is 0 Å². The van der Waals surface area contributed by atoms with Gasteiger partial charge in [-0.25, -0.2) is 4.39 Å². The van der Waals surface area contributed by atoms with Crippen LogP contribution in [0.2, 0.25) is 5.02 Å². The molecule has 3 rings (SSSR count). The molecule has 0 amide bonds. The predicted molar refractivity (Wildman–Crippen MR) is 88.1 cm³/mol. The molecule has 1 fully saturated rings. The van der Waals surface area contributed by atoms with E-state index >= 15 is 0 Å². The second kappa shape index (κ2) is 6.57. The molecule has 2 unspecified atom stereocenters. The zero-order valence-electron chi connectivity index (χ0n) is 12.7.